The second-order valence-corrected chi connectivity index (χ2v) is 11.6. The first-order valence-electron chi connectivity index (χ1n) is 15.6. The van der Waals surface area contributed by atoms with Gasteiger partial charge in [0.1, 0.15) is 0 Å². The Bertz CT molecular complexity index is 1490. The van der Waals surface area contributed by atoms with Crippen molar-refractivity contribution in [1.29, 1.82) is 0 Å². The summed E-state index contributed by atoms with van der Waals surface area (Å²) in [7, 11) is 1.72. The van der Waals surface area contributed by atoms with Gasteiger partial charge in [0.05, 0.1) is 33.0 Å². The minimum atomic E-state index is 0.0498. The van der Waals surface area contributed by atoms with Crippen molar-refractivity contribution in [3.05, 3.63) is 101 Å². The predicted octanol–water partition coefficient (Wildman–Crippen LogP) is 7.63. The molecule has 228 valence electrons. The molecule has 2 aliphatic rings. The Labute approximate surface area is 257 Å². The van der Waals surface area contributed by atoms with Crippen LogP contribution in [-0.2, 0) is 11.2 Å². The van der Waals surface area contributed by atoms with E-state index in [0.29, 0.717) is 6.61 Å². The van der Waals surface area contributed by atoms with Crippen LogP contribution in [0.2, 0.25) is 0 Å². The number of fused-ring (bicyclic) bond motifs is 3. The molecule has 1 atom stereocenters. The molecule has 0 bridgehead atoms. The van der Waals surface area contributed by atoms with Crippen LogP contribution in [0.15, 0.2) is 73.3 Å². The number of methoxy groups -OCH3 is 1. The van der Waals surface area contributed by atoms with Crippen LogP contribution >= 0.6 is 0 Å². The molecule has 0 saturated carbocycles. The molecule has 43 heavy (non-hydrogen) atoms. The summed E-state index contributed by atoms with van der Waals surface area (Å²) >= 11 is 0. The lowest BCUT2D eigenvalue weighted by atomic mass is 9.91. The summed E-state index contributed by atoms with van der Waals surface area (Å²) in [5.41, 5.74) is 8.90. The monoisotopic (exact) mass is 581 g/mol. The molecule has 0 spiro atoms. The number of ether oxygens (including phenoxy) is 3. The van der Waals surface area contributed by atoms with Crippen molar-refractivity contribution in [3.8, 4) is 11.5 Å². The van der Waals surface area contributed by atoms with E-state index < -0.39 is 0 Å². The standard InChI is InChI=1S/C34H41N3O3.C3H6/c1-24-6-10-27(11-7-24)37-16-14-28-29-22-25(2)8-12-30(29)35-33(28)34(37)26-9-13-31(38-3)32(23-26)40-19-5-4-15-36-17-20-39-21-18-36;1-3-2/h6-13,22-23,34-35H,4-5,14-21H2,1-3H3;3H,1H2,2H3. The fourth-order valence-corrected chi connectivity index (χ4v) is 6.18. The average Bonchev–Trinajstić information content (AvgIpc) is 3.39. The summed E-state index contributed by atoms with van der Waals surface area (Å²) in [5, 5.41) is 1.34. The fourth-order valence-electron chi connectivity index (χ4n) is 6.18. The quantitative estimate of drug-likeness (QED) is 0.163. The Morgan fingerprint density at radius 2 is 1.67 bits per heavy atom. The predicted molar refractivity (Wildman–Crippen MR) is 178 cm³/mol. The third-order valence-corrected chi connectivity index (χ3v) is 8.38. The van der Waals surface area contributed by atoms with E-state index in [4.69, 9.17) is 14.2 Å². The van der Waals surface area contributed by atoms with Crippen molar-refractivity contribution in [1.82, 2.24) is 9.88 Å². The number of aryl methyl sites for hydroxylation is 2. The van der Waals surface area contributed by atoms with Gasteiger partial charge in [0, 0.05) is 41.9 Å². The molecule has 6 heteroatoms. The summed E-state index contributed by atoms with van der Waals surface area (Å²) in [6.07, 6.45) is 4.88. The third kappa shape index (κ3) is 7.26. The van der Waals surface area contributed by atoms with E-state index in [0.717, 1.165) is 70.2 Å². The molecule has 4 aromatic rings. The molecule has 6 rings (SSSR count). The molecule has 0 aliphatic carbocycles. The zero-order valence-electron chi connectivity index (χ0n) is 26.3. The van der Waals surface area contributed by atoms with Crippen molar-refractivity contribution in [2.75, 3.05) is 58.0 Å². The molecule has 3 heterocycles. The number of unbranched alkanes of at least 4 members (excludes halogenated alkanes) is 1. The number of nitrogens with one attached hydrogen (secondary N) is 1. The maximum absolute atomic E-state index is 6.37. The molecular formula is C37H47N3O3. The van der Waals surface area contributed by atoms with Gasteiger partial charge in [-0.15, -0.1) is 6.58 Å². The van der Waals surface area contributed by atoms with Crippen LogP contribution < -0.4 is 14.4 Å². The summed E-state index contributed by atoms with van der Waals surface area (Å²) in [5.74, 6) is 1.59. The minimum Gasteiger partial charge on any atom is -0.493 e. The number of allylic oxidation sites excluding steroid dienone is 1. The van der Waals surface area contributed by atoms with Gasteiger partial charge < -0.3 is 24.1 Å². The fraction of sp³-hybridized carbons (Fsp3) is 0.405. The van der Waals surface area contributed by atoms with Crippen LogP contribution in [0.1, 0.15) is 53.8 Å². The van der Waals surface area contributed by atoms with E-state index in [2.05, 4.69) is 95.9 Å². The van der Waals surface area contributed by atoms with Gasteiger partial charge in [0.2, 0.25) is 0 Å². The Morgan fingerprint density at radius 1 is 0.930 bits per heavy atom. The van der Waals surface area contributed by atoms with Crippen LogP contribution in [0, 0.1) is 13.8 Å². The number of anilines is 1. The maximum Gasteiger partial charge on any atom is 0.161 e. The average molecular weight is 582 g/mol. The molecule has 0 amide bonds. The van der Waals surface area contributed by atoms with Gasteiger partial charge >= 0.3 is 0 Å². The van der Waals surface area contributed by atoms with Crippen molar-refractivity contribution in [3.63, 3.8) is 0 Å². The molecule has 0 radical (unpaired) electrons. The van der Waals surface area contributed by atoms with Crippen molar-refractivity contribution < 1.29 is 14.2 Å². The number of rotatable bonds is 9. The first-order chi connectivity index (χ1) is 21.0. The Hall–Kier alpha value is -3.74. The van der Waals surface area contributed by atoms with E-state index in [1.54, 1.807) is 13.2 Å². The highest BCUT2D eigenvalue weighted by molar-refractivity contribution is 5.86. The summed E-state index contributed by atoms with van der Waals surface area (Å²) in [6, 6.07) is 22.1. The third-order valence-electron chi connectivity index (χ3n) is 8.38. The second-order valence-electron chi connectivity index (χ2n) is 11.6. The van der Waals surface area contributed by atoms with Gasteiger partial charge in [0.25, 0.3) is 0 Å². The highest BCUT2D eigenvalue weighted by atomic mass is 16.5. The molecule has 1 saturated heterocycles. The highest BCUT2D eigenvalue weighted by Crippen LogP contribution is 2.43. The van der Waals surface area contributed by atoms with Gasteiger partial charge in [-0.2, -0.15) is 0 Å². The zero-order chi connectivity index (χ0) is 30.2. The van der Waals surface area contributed by atoms with Gasteiger partial charge in [-0.1, -0.05) is 41.5 Å². The second kappa shape index (κ2) is 14.6. The topological polar surface area (TPSA) is 50.0 Å². The first-order valence-corrected chi connectivity index (χ1v) is 15.6. The van der Waals surface area contributed by atoms with E-state index in [9.17, 15) is 0 Å². The van der Waals surface area contributed by atoms with E-state index in [1.165, 1.54) is 44.5 Å². The summed E-state index contributed by atoms with van der Waals surface area (Å²) in [4.78, 5) is 8.82. The van der Waals surface area contributed by atoms with Crippen LogP contribution in [0.25, 0.3) is 10.9 Å². The van der Waals surface area contributed by atoms with Gasteiger partial charge in [0.15, 0.2) is 11.5 Å². The molecule has 3 aromatic carbocycles. The summed E-state index contributed by atoms with van der Waals surface area (Å²) in [6.45, 7) is 16.0. The van der Waals surface area contributed by atoms with Gasteiger partial charge in [-0.25, -0.2) is 0 Å². The SMILES string of the molecule is C=CC.COc1ccc(C2c3[nH]c4ccc(C)cc4c3CCN2c2ccc(C)cc2)cc1OCCCCN1CCOCC1. The Balaban J connectivity index is 0.00000118. The Morgan fingerprint density at radius 3 is 2.42 bits per heavy atom. The zero-order valence-corrected chi connectivity index (χ0v) is 26.3. The lowest BCUT2D eigenvalue weighted by molar-refractivity contribution is 0.0368. The van der Waals surface area contributed by atoms with E-state index in [-0.39, 0.29) is 6.04 Å². The van der Waals surface area contributed by atoms with E-state index in [1.807, 2.05) is 6.92 Å². The van der Waals surface area contributed by atoms with Crippen molar-refractivity contribution >= 4 is 16.6 Å². The number of morpholine rings is 1. The highest BCUT2D eigenvalue weighted by Gasteiger charge is 2.32. The number of hydrogen-bond acceptors (Lipinski definition) is 5. The number of aromatic amines is 1. The van der Waals surface area contributed by atoms with Crippen LogP contribution in [-0.4, -0.2) is 63.0 Å². The summed E-state index contributed by atoms with van der Waals surface area (Å²) < 4.78 is 17.6. The van der Waals surface area contributed by atoms with Crippen molar-refractivity contribution in [2.24, 2.45) is 0 Å². The van der Waals surface area contributed by atoms with Crippen LogP contribution in [0.4, 0.5) is 5.69 Å². The molecule has 1 unspecified atom stereocenters. The molecule has 1 fully saturated rings. The molecule has 1 aromatic heterocycles. The minimum absolute atomic E-state index is 0.0498. The van der Waals surface area contributed by atoms with Crippen molar-refractivity contribution in [2.45, 2.75) is 46.1 Å². The number of nitrogens with zero attached hydrogens (tertiary/aromatic N) is 2. The van der Waals surface area contributed by atoms with Gasteiger partial charge in [-0.3, -0.25) is 4.90 Å². The van der Waals surface area contributed by atoms with Crippen LogP contribution in [0.3, 0.4) is 0 Å². The van der Waals surface area contributed by atoms with E-state index >= 15 is 0 Å². The maximum atomic E-state index is 6.37. The normalized spacial score (nSPS) is 16.7. The number of H-pyrrole nitrogens is 1. The number of aromatic nitrogens is 1. The molecule has 2 aliphatic heterocycles. The number of benzene rings is 3. The number of hydrogen-bond donors (Lipinski definition) is 1. The van der Waals surface area contributed by atoms with Gasteiger partial charge in [-0.05, 0) is 94.1 Å². The molecule has 1 N–H and O–H groups in total. The largest absolute Gasteiger partial charge is 0.493 e. The first kappa shape index (κ1) is 30.7. The smallest absolute Gasteiger partial charge is 0.161 e. The van der Waals surface area contributed by atoms with Crippen LogP contribution in [0.5, 0.6) is 11.5 Å². The molecular weight excluding hydrogens is 534 g/mol. The molecule has 6 nitrogen and oxygen atoms in total. The lowest BCUT2D eigenvalue weighted by Crippen LogP contribution is -2.36. The lowest BCUT2D eigenvalue weighted by Gasteiger charge is -2.38. The Kier molecular flexibility index (Phi) is 10.4.